The Labute approximate surface area is 207 Å². The molecule has 0 bridgehead atoms. The Kier molecular flexibility index (Phi) is 7.38. The first-order chi connectivity index (χ1) is 15.9. The number of amides is 1. The van der Waals surface area contributed by atoms with Gasteiger partial charge in [0.05, 0.1) is 10.8 Å². The number of carbonyl (C=O) groups is 1. The third-order valence-electron chi connectivity index (χ3n) is 5.03. The number of aromatic nitrogens is 3. The van der Waals surface area contributed by atoms with Crippen LogP contribution in [0.15, 0.2) is 78.0 Å². The van der Waals surface area contributed by atoms with Gasteiger partial charge in [0.15, 0.2) is 11.0 Å². The number of carbonyl (C=O) groups excluding carboxylic acids is 1. The van der Waals surface area contributed by atoms with E-state index in [4.69, 9.17) is 23.2 Å². The summed E-state index contributed by atoms with van der Waals surface area (Å²) >= 11 is 13.8. The van der Waals surface area contributed by atoms with Gasteiger partial charge >= 0.3 is 0 Å². The monoisotopic (exact) mass is 496 g/mol. The normalized spacial score (nSPS) is 11.1. The number of thioether (sulfide) groups is 1. The molecule has 1 N–H and O–H groups in total. The van der Waals surface area contributed by atoms with E-state index in [1.807, 2.05) is 65.2 Å². The molecule has 0 atom stereocenters. The minimum atomic E-state index is -0.123. The summed E-state index contributed by atoms with van der Waals surface area (Å²) < 4.78 is 1.88. The van der Waals surface area contributed by atoms with Gasteiger partial charge in [0.25, 0.3) is 0 Å². The molecule has 0 radical (unpaired) electrons. The van der Waals surface area contributed by atoms with Crippen LogP contribution < -0.4 is 5.32 Å². The first-order valence-corrected chi connectivity index (χ1v) is 12.2. The van der Waals surface area contributed by atoms with Crippen LogP contribution in [0.2, 0.25) is 10.0 Å². The van der Waals surface area contributed by atoms with Gasteiger partial charge in [-0.3, -0.25) is 9.36 Å². The summed E-state index contributed by atoms with van der Waals surface area (Å²) in [6.45, 7) is 4.27. The number of anilines is 1. The Morgan fingerprint density at radius 3 is 2.33 bits per heavy atom. The Hall–Kier alpha value is -2.80. The topological polar surface area (TPSA) is 59.8 Å². The average Bonchev–Trinajstić information content (AvgIpc) is 3.22. The second-order valence-electron chi connectivity index (χ2n) is 7.71. The third-order valence-corrected chi connectivity index (χ3v) is 6.54. The molecular formula is C25H22Cl2N4OS. The SMILES string of the molecule is CC(C)c1ccc(NC(=O)CSc2nnc(-c3ccccc3Cl)n2-c2ccc(Cl)cc2)cc1. The molecule has 0 fully saturated rings. The van der Waals surface area contributed by atoms with Crippen molar-refractivity contribution in [2.45, 2.75) is 24.9 Å². The molecule has 0 saturated heterocycles. The first-order valence-electron chi connectivity index (χ1n) is 10.4. The maximum absolute atomic E-state index is 12.6. The predicted octanol–water partition coefficient (Wildman–Crippen LogP) is 7.10. The van der Waals surface area contributed by atoms with E-state index < -0.39 is 0 Å². The fourth-order valence-corrected chi connectivity index (χ4v) is 4.38. The summed E-state index contributed by atoms with van der Waals surface area (Å²) in [5, 5.41) is 13.4. The van der Waals surface area contributed by atoms with Crippen LogP contribution in [0.5, 0.6) is 0 Å². The molecule has 33 heavy (non-hydrogen) atoms. The quantitative estimate of drug-likeness (QED) is 0.277. The Morgan fingerprint density at radius 1 is 0.970 bits per heavy atom. The molecule has 4 aromatic rings. The first kappa shape index (κ1) is 23.4. The molecule has 1 aromatic heterocycles. The lowest BCUT2D eigenvalue weighted by molar-refractivity contribution is -0.113. The summed E-state index contributed by atoms with van der Waals surface area (Å²) in [6, 6.07) is 22.7. The van der Waals surface area contributed by atoms with Gasteiger partial charge in [0.2, 0.25) is 5.91 Å². The Bertz CT molecular complexity index is 1250. The Morgan fingerprint density at radius 2 is 1.67 bits per heavy atom. The molecule has 0 aliphatic carbocycles. The highest BCUT2D eigenvalue weighted by Gasteiger charge is 2.19. The van der Waals surface area contributed by atoms with Gasteiger partial charge in [-0.05, 0) is 60.0 Å². The summed E-state index contributed by atoms with van der Waals surface area (Å²) in [7, 11) is 0. The minimum absolute atomic E-state index is 0.123. The number of nitrogens with one attached hydrogen (secondary N) is 1. The van der Waals surface area contributed by atoms with Crippen molar-refractivity contribution in [1.82, 2.24) is 14.8 Å². The van der Waals surface area contributed by atoms with Crippen LogP contribution in [-0.4, -0.2) is 26.4 Å². The van der Waals surface area contributed by atoms with Gasteiger partial charge in [-0.15, -0.1) is 10.2 Å². The van der Waals surface area contributed by atoms with Gasteiger partial charge in [0.1, 0.15) is 0 Å². The van der Waals surface area contributed by atoms with E-state index in [1.54, 1.807) is 12.1 Å². The summed E-state index contributed by atoms with van der Waals surface area (Å²) in [5.74, 6) is 1.09. The van der Waals surface area contributed by atoms with E-state index in [9.17, 15) is 4.79 Å². The third kappa shape index (κ3) is 5.58. The molecule has 4 rings (SSSR count). The smallest absolute Gasteiger partial charge is 0.234 e. The van der Waals surface area contributed by atoms with Crippen LogP contribution in [0, 0.1) is 0 Å². The summed E-state index contributed by atoms with van der Waals surface area (Å²) in [6.07, 6.45) is 0. The van der Waals surface area contributed by atoms with Crippen molar-refractivity contribution in [2.75, 3.05) is 11.1 Å². The van der Waals surface area contributed by atoms with Crippen LogP contribution in [0.25, 0.3) is 17.1 Å². The number of benzene rings is 3. The van der Waals surface area contributed by atoms with Crippen LogP contribution in [0.4, 0.5) is 5.69 Å². The molecule has 3 aromatic carbocycles. The molecule has 1 amide bonds. The Balaban J connectivity index is 1.56. The predicted molar refractivity (Wildman–Crippen MR) is 137 cm³/mol. The highest BCUT2D eigenvalue weighted by Crippen LogP contribution is 2.32. The van der Waals surface area contributed by atoms with Gasteiger partial charge in [-0.2, -0.15) is 0 Å². The van der Waals surface area contributed by atoms with Gasteiger partial charge < -0.3 is 5.32 Å². The molecule has 0 aliphatic heterocycles. The standard InChI is InChI=1S/C25H22Cl2N4OS/c1-16(2)17-7-11-19(12-8-17)28-23(32)15-33-25-30-29-24(21-5-3-4-6-22(21)27)31(25)20-13-9-18(26)10-14-20/h3-14,16H,15H2,1-2H3,(H,28,32). The average molecular weight is 497 g/mol. The van der Waals surface area contributed by atoms with Crippen LogP contribution in [0.1, 0.15) is 25.3 Å². The highest BCUT2D eigenvalue weighted by atomic mass is 35.5. The fourth-order valence-electron chi connectivity index (χ4n) is 3.28. The highest BCUT2D eigenvalue weighted by molar-refractivity contribution is 7.99. The number of hydrogen-bond acceptors (Lipinski definition) is 4. The summed E-state index contributed by atoms with van der Waals surface area (Å²) in [4.78, 5) is 12.6. The van der Waals surface area contributed by atoms with Gasteiger partial charge in [-0.25, -0.2) is 0 Å². The van der Waals surface area contributed by atoms with Crippen LogP contribution in [-0.2, 0) is 4.79 Å². The lowest BCUT2D eigenvalue weighted by atomic mass is 10.0. The maximum atomic E-state index is 12.6. The largest absolute Gasteiger partial charge is 0.325 e. The lowest BCUT2D eigenvalue weighted by Gasteiger charge is -2.12. The van der Waals surface area contributed by atoms with Gasteiger partial charge in [-0.1, -0.05) is 73.1 Å². The van der Waals surface area contributed by atoms with Crippen molar-refractivity contribution in [1.29, 1.82) is 0 Å². The van der Waals surface area contributed by atoms with Gasteiger partial charge in [0, 0.05) is 22.0 Å². The summed E-state index contributed by atoms with van der Waals surface area (Å²) in [5.41, 5.74) is 3.57. The second-order valence-corrected chi connectivity index (χ2v) is 9.50. The molecule has 1 heterocycles. The number of rotatable bonds is 7. The van der Waals surface area contributed by atoms with E-state index in [0.717, 1.165) is 16.9 Å². The van der Waals surface area contributed by atoms with Crippen molar-refractivity contribution in [3.63, 3.8) is 0 Å². The molecule has 0 saturated carbocycles. The maximum Gasteiger partial charge on any atom is 0.234 e. The van der Waals surface area contributed by atoms with Crippen molar-refractivity contribution < 1.29 is 4.79 Å². The molecular weight excluding hydrogens is 475 g/mol. The molecule has 8 heteroatoms. The fraction of sp³-hybridized carbons (Fsp3) is 0.160. The zero-order valence-corrected chi connectivity index (χ0v) is 20.5. The molecule has 0 unspecified atom stereocenters. The van der Waals surface area contributed by atoms with Crippen molar-refractivity contribution in [3.05, 3.63) is 88.4 Å². The van der Waals surface area contributed by atoms with Crippen LogP contribution in [0.3, 0.4) is 0 Å². The zero-order chi connectivity index (χ0) is 23.4. The van der Waals surface area contributed by atoms with Crippen molar-refractivity contribution in [2.24, 2.45) is 0 Å². The molecule has 0 aliphatic rings. The van der Waals surface area contributed by atoms with Crippen molar-refractivity contribution >= 4 is 46.6 Å². The minimum Gasteiger partial charge on any atom is -0.325 e. The molecule has 5 nitrogen and oxygen atoms in total. The molecule has 0 spiro atoms. The second kappa shape index (κ2) is 10.4. The zero-order valence-electron chi connectivity index (χ0n) is 18.1. The number of hydrogen-bond donors (Lipinski definition) is 1. The van der Waals surface area contributed by atoms with E-state index in [0.29, 0.717) is 26.9 Å². The van der Waals surface area contributed by atoms with Crippen molar-refractivity contribution in [3.8, 4) is 17.1 Å². The van der Waals surface area contributed by atoms with Crippen LogP contribution >= 0.6 is 35.0 Å². The lowest BCUT2D eigenvalue weighted by Crippen LogP contribution is -2.14. The van der Waals surface area contributed by atoms with E-state index >= 15 is 0 Å². The number of nitrogens with zero attached hydrogens (tertiary/aromatic N) is 3. The van der Waals surface area contributed by atoms with E-state index in [-0.39, 0.29) is 11.7 Å². The molecule has 168 valence electrons. The van der Waals surface area contributed by atoms with E-state index in [2.05, 4.69) is 29.4 Å². The number of halogens is 2. The van der Waals surface area contributed by atoms with E-state index in [1.165, 1.54) is 17.3 Å².